The maximum atomic E-state index is 12.2. The van der Waals surface area contributed by atoms with Crippen molar-refractivity contribution in [3.8, 4) is 5.75 Å². The number of alkyl carbamates (subject to hydrolysis) is 1. The standard InChI is InChI=1S/C22H29N3O5S/c1-5-29-16-10-6-8-14(12-17-19(26)24-21(28)31-17)18(16)25-11-7-9-15(13-25)23-20(27)30-22(2,3)4/h6,8,10,12,15H,5,7,9,11,13H2,1-4H3,(H,23,27)(H,24,26,28). The van der Waals surface area contributed by atoms with Crippen molar-refractivity contribution in [3.05, 3.63) is 28.7 Å². The Morgan fingerprint density at radius 1 is 1.35 bits per heavy atom. The SMILES string of the molecule is CCOc1cccc(C=C2SC(=O)NC2=O)c1N1CCCC(NC(=O)OC(C)(C)C)C1. The van der Waals surface area contributed by atoms with Crippen molar-refractivity contribution in [2.24, 2.45) is 0 Å². The molecule has 0 spiro atoms. The van der Waals surface area contributed by atoms with Crippen LogP contribution in [0.15, 0.2) is 23.1 Å². The minimum atomic E-state index is -0.559. The molecule has 9 heteroatoms. The highest BCUT2D eigenvalue weighted by atomic mass is 32.2. The molecule has 2 heterocycles. The van der Waals surface area contributed by atoms with Gasteiger partial charge in [-0.3, -0.25) is 14.9 Å². The van der Waals surface area contributed by atoms with Gasteiger partial charge < -0.3 is 19.7 Å². The number of thioether (sulfide) groups is 1. The normalized spacial score (nSPS) is 20.6. The van der Waals surface area contributed by atoms with E-state index in [1.54, 1.807) is 6.08 Å². The molecule has 0 saturated carbocycles. The van der Waals surface area contributed by atoms with Gasteiger partial charge in [0.2, 0.25) is 0 Å². The van der Waals surface area contributed by atoms with E-state index in [-0.39, 0.29) is 11.3 Å². The first-order chi connectivity index (χ1) is 14.7. The Balaban J connectivity index is 1.86. The first-order valence-electron chi connectivity index (χ1n) is 10.4. The second-order valence-electron chi connectivity index (χ2n) is 8.41. The average molecular weight is 448 g/mol. The molecule has 2 saturated heterocycles. The van der Waals surface area contributed by atoms with Crippen LogP contribution in [0.25, 0.3) is 6.08 Å². The molecule has 1 unspecified atom stereocenters. The molecule has 0 bridgehead atoms. The summed E-state index contributed by atoms with van der Waals surface area (Å²) in [6, 6.07) is 5.57. The Morgan fingerprint density at radius 2 is 2.13 bits per heavy atom. The molecule has 31 heavy (non-hydrogen) atoms. The van der Waals surface area contributed by atoms with Gasteiger partial charge in [0.25, 0.3) is 11.1 Å². The van der Waals surface area contributed by atoms with E-state index in [0.29, 0.717) is 23.8 Å². The number of carbonyl (C=O) groups is 3. The van der Waals surface area contributed by atoms with E-state index in [1.807, 2.05) is 45.9 Å². The number of hydrogen-bond acceptors (Lipinski definition) is 7. The summed E-state index contributed by atoms with van der Waals surface area (Å²) in [6.07, 6.45) is 3.01. The molecule has 168 valence electrons. The van der Waals surface area contributed by atoms with E-state index >= 15 is 0 Å². The summed E-state index contributed by atoms with van der Waals surface area (Å²) in [6.45, 7) is 9.27. The number of rotatable bonds is 5. The number of piperidine rings is 1. The van der Waals surface area contributed by atoms with Gasteiger partial charge in [-0.25, -0.2) is 4.79 Å². The van der Waals surface area contributed by atoms with Crippen molar-refractivity contribution in [2.75, 3.05) is 24.6 Å². The minimum absolute atomic E-state index is 0.0792. The fourth-order valence-electron chi connectivity index (χ4n) is 3.60. The quantitative estimate of drug-likeness (QED) is 0.661. The zero-order valence-electron chi connectivity index (χ0n) is 18.3. The van der Waals surface area contributed by atoms with Crippen LogP contribution in [-0.2, 0) is 9.53 Å². The predicted octanol–water partition coefficient (Wildman–Crippen LogP) is 3.90. The van der Waals surface area contributed by atoms with Crippen LogP contribution in [0.1, 0.15) is 46.1 Å². The number of amides is 3. The lowest BCUT2D eigenvalue weighted by molar-refractivity contribution is -0.115. The molecule has 0 aliphatic carbocycles. The molecule has 3 amide bonds. The molecule has 1 aromatic rings. The zero-order valence-corrected chi connectivity index (χ0v) is 19.1. The van der Waals surface area contributed by atoms with Crippen molar-refractivity contribution < 1.29 is 23.9 Å². The third kappa shape index (κ3) is 6.16. The second kappa shape index (κ2) is 9.64. The summed E-state index contributed by atoms with van der Waals surface area (Å²) < 4.78 is 11.3. The number of nitrogens with zero attached hydrogens (tertiary/aromatic N) is 1. The lowest BCUT2D eigenvalue weighted by atomic mass is 10.0. The lowest BCUT2D eigenvalue weighted by Crippen LogP contribution is -2.49. The summed E-state index contributed by atoms with van der Waals surface area (Å²) in [5.41, 5.74) is 1.08. The van der Waals surface area contributed by atoms with Gasteiger partial charge in [-0.15, -0.1) is 0 Å². The van der Waals surface area contributed by atoms with Gasteiger partial charge in [0.05, 0.1) is 17.2 Å². The Labute approximate surface area is 186 Å². The highest BCUT2D eigenvalue weighted by Crippen LogP contribution is 2.37. The van der Waals surface area contributed by atoms with Crippen LogP contribution in [0.5, 0.6) is 5.75 Å². The number of para-hydroxylation sites is 1. The number of anilines is 1. The van der Waals surface area contributed by atoms with Crippen LogP contribution in [-0.4, -0.2) is 48.6 Å². The van der Waals surface area contributed by atoms with Crippen LogP contribution >= 0.6 is 11.8 Å². The largest absolute Gasteiger partial charge is 0.492 e. The van der Waals surface area contributed by atoms with E-state index in [0.717, 1.165) is 42.4 Å². The Morgan fingerprint density at radius 3 is 2.77 bits per heavy atom. The summed E-state index contributed by atoms with van der Waals surface area (Å²) >= 11 is 0.886. The van der Waals surface area contributed by atoms with Crippen molar-refractivity contribution in [3.63, 3.8) is 0 Å². The average Bonchev–Trinajstić information content (AvgIpc) is 2.97. The Bertz CT molecular complexity index is 894. The van der Waals surface area contributed by atoms with Gasteiger partial charge in [0.15, 0.2) is 0 Å². The zero-order chi connectivity index (χ0) is 22.6. The molecular formula is C22H29N3O5S. The summed E-state index contributed by atoms with van der Waals surface area (Å²) in [4.78, 5) is 38.3. The summed E-state index contributed by atoms with van der Waals surface area (Å²) in [5, 5.41) is 4.87. The van der Waals surface area contributed by atoms with Gasteiger partial charge in [-0.1, -0.05) is 12.1 Å². The molecule has 2 N–H and O–H groups in total. The molecule has 2 aliphatic heterocycles. The predicted molar refractivity (Wildman–Crippen MR) is 121 cm³/mol. The van der Waals surface area contributed by atoms with E-state index in [1.165, 1.54) is 0 Å². The second-order valence-corrected chi connectivity index (χ2v) is 9.43. The number of carbonyl (C=O) groups excluding carboxylic acids is 3. The molecular weight excluding hydrogens is 418 g/mol. The van der Waals surface area contributed by atoms with Gasteiger partial charge >= 0.3 is 6.09 Å². The molecule has 1 aromatic carbocycles. The maximum absolute atomic E-state index is 12.2. The Kier molecular flexibility index (Phi) is 7.15. The van der Waals surface area contributed by atoms with Crippen molar-refractivity contribution >= 4 is 40.8 Å². The van der Waals surface area contributed by atoms with Gasteiger partial charge in [0.1, 0.15) is 11.4 Å². The summed E-state index contributed by atoms with van der Waals surface area (Å²) in [7, 11) is 0. The molecule has 2 aliphatic rings. The minimum Gasteiger partial charge on any atom is -0.492 e. The van der Waals surface area contributed by atoms with Crippen molar-refractivity contribution in [1.82, 2.24) is 10.6 Å². The number of benzene rings is 1. The Hall–Kier alpha value is -2.68. The van der Waals surface area contributed by atoms with Crippen LogP contribution < -0.4 is 20.3 Å². The number of nitrogens with one attached hydrogen (secondary N) is 2. The monoisotopic (exact) mass is 447 g/mol. The third-order valence-corrected chi connectivity index (χ3v) is 5.53. The van der Waals surface area contributed by atoms with Gasteiger partial charge in [0, 0.05) is 24.7 Å². The smallest absolute Gasteiger partial charge is 0.407 e. The van der Waals surface area contributed by atoms with Crippen molar-refractivity contribution in [1.29, 1.82) is 0 Å². The highest BCUT2D eigenvalue weighted by molar-refractivity contribution is 8.18. The van der Waals surface area contributed by atoms with E-state index < -0.39 is 17.6 Å². The highest BCUT2D eigenvalue weighted by Gasteiger charge is 2.29. The van der Waals surface area contributed by atoms with Gasteiger partial charge in [-0.2, -0.15) is 0 Å². The molecule has 1 atom stereocenters. The first-order valence-corrected chi connectivity index (χ1v) is 11.2. The van der Waals surface area contributed by atoms with Crippen molar-refractivity contribution in [2.45, 2.75) is 52.2 Å². The molecule has 0 aromatic heterocycles. The molecule has 2 fully saturated rings. The molecule has 3 rings (SSSR count). The third-order valence-electron chi connectivity index (χ3n) is 4.72. The van der Waals surface area contributed by atoms with E-state index in [9.17, 15) is 14.4 Å². The van der Waals surface area contributed by atoms with E-state index in [2.05, 4.69) is 15.5 Å². The molecule has 8 nitrogen and oxygen atoms in total. The topological polar surface area (TPSA) is 97.0 Å². The van der Waals surface area contributed by atoms with Crippen LogP contribution in [0.2, 0.25) is 0 Å². The summed E-state index contributed by atoms with van der Waals surface area (Å²) in [5.74, 6) is 0.301. The fraction of sp³-hybridized carbons (Fsp3) is 0.500. The van der Waals surface area contributed by atoms with Crippen LogP contribution in [0.3, 0.4) is 0 Å². The first kappa shape index (κ1) is 23.0. The number of imide groups is 1. The number of hydrogen-bond donors (Lipinski definition) is 2. The van der Waals surface area contributed by atoms with Gasteiger partial charge in [-0.05, 0) is 64.4 Å². The van der Waals surface area contributed by atoms with Crippen LogP contribution in [0, 0.1) is 0 Å². The van der Waals surface area contributed by atoms with Crippen LogP contribution in [0.4, 0.5) is 15.3 Å². The van der Waals surface area contributed by atoms with E-state index in [4.69, 9.17) is 9.47 Å². The number of ether oxygens (including phenoxy) is 2. The fourth-order valence-corrected chi connectivity index (χ4v) is 4.27. The lowest BCUT2D eigenvalue weighted by Gasteiger charge is -2.36. The maximum Gasteiger partial charge on any atom is 0.407 e. The molecule has 0 radical (unpaired) electrons.